The number of carbonyl (C=O) groups excluding carboxylic acids is 2. The number of aromatic nitrogens is 5. The van der Waals surface area contributed by atoms with Crippen LogP contribution in [0.5, 0.6) is 5.88 Å². The lowest BCUT2D eigenvalue weighted by atomic mass is 10.2. The van der Waals surface area contributed by atoms with Crippen LogP contribution in [0, 0.1) is 6.92 Å². The third kappa shape index (κ3) is 5.82. The zero-order valence-electron chi connectivity index (χ0n) is 19.4. The van der Waals surface area contributed by atoms with Crippen molar-refractivity contribution in [2.45, 2.75) is 20.0 Å². The molecular weight excluding hydrogens is 478 g/mol. The Kier molecular flexibility index (Phi) is 7.51. The molecule has 0 aliphatic carbocycles. The Hall–Kier alpha value is -4.36. The predicted octanol–water partition coefficient (Wildman–Crippen LogP) is 1.63. The fraction of sp³-hybridized carbons (Fsp3) is 0.364. The minimum atomic E-state index is -2.55. The highest BCUT2D eigenvalue weighted by atomic mass is 19.3. The first-order valence-electron chi connectivity index (χ1n) is 11.0. The molecule has 2 amide bonds. The number of piperazine rings is 1. The molecule has 1 saturated heterocycles. The maximum atomic E-state index is 12.8. The van der Waals surface area contributed by atoms with E-state index in [0.29, 0.717) is 36.0 Å². The van der Waals surface area contributed by atoms with Crippen molar-refractivity contribution in [3.05, 3.63) is 53.3 Å². The molecule has 0 radical (unpaired) electrons. The van der Waals surface area contributed by atoms with Crippen LogP contribution in [-0.4, -0.2) is 74.9 Å². The minimum absolute atomic E-state index is 0.0435. The number of ether oxygens (including phenoxy) is 2. The number of halogens is 2. The van der Waals surface area contributed by atoms with Crippen LogP contribution in [0.15, 0.2) is 36.4 Å². The van der Waals surface area contributed by atoms with E-state index in [1.807, 2.05) is 0 Å². The standard InChI is InChI=1S/C22H24F2N8O4/c1-14-17(32(29-26-14)16-4-2-15(3-5-16)21(23)24)13-36-19-7-6-18(27-28-19)31-9-8-30(20(33)12-31)10-11-35-22(25)34/h2-7,21H,8-13H2,1H3,(H2,25,34). The Morgan fingerprint density at radius 2 is 1.89 bits per heavy atom. The summed E-state index contributed by atoms with van der Waals surface area (Å²) in [4.78, 5) is 26.4. The molecule has 36 heavy (non-hydrogen) atoms. The van der Waals surface area contributed by atoms with Gasteiger partial charge in [0, 0.05) is 24.7 Å². The molecule has 3 aromatic rings. The van der Waals surface area contributed by atoms with Crippen LogP contribution in [0.2, 0.25) is 0 Å². The van der Waals surface area contributed by atoms with Gasteiger partial charge < -0.3 is 25.0 Å². The SMILES string of the molecule is Cc1nnn(-c2ccc(C(F)F)cc2)c1COc1ccc(N2CCN(CCOC(N)=O)C(=O)C2)nn1. The quantitative estimate of drug-likeness (QED) is 0.462. The summed E-state index contributed by atoms with van der Waals surface area (Å²) in [6.07, 6.45) is -3.43. The lowest BCUT2D eigenvalue weighted by molar-refractivity contribution is -0.131. The second kappa shape index (κ2) is 10.9. The van der Waals surface area contributed by atoms with Crippen LogP contribution in [0.25, 0.3) is 5.69 Å². The molecule has 4 rings (SSSR count). The topological polar surface area (TPSA) is 142 Å². The van der Waals surface area contributed by atoms with E-state index < -0.39 is 12.5 Å². The van der Waals surface area contributed by atoms with Gasteiger partial charge in [0.1, 0.15) is 18.9 Å². The van der Waals surface area contributed by atoms with E-state index in [-0.39, 0.29) is 43.7 Å². The Morgan fingerprint density at radius 3 is 2.53 bits per heavy atom. The lowest BCUT2D eigenvalue weighted by Gasteiger charge is -2.34. The summed E-state index contributed by atoms with van der Waals surface area (Å²) in [5, 5.41) is 16.4. The van der Waals surface area contributed by atoms with Crippen LogP contribution in [-0.2, 0) is 16.1 Å². The van der Waals surface area contributed by atoms with Crippen LogP contribution >= 0.6 is 0 Å². The first-order valence-corrected chi connectivity index (χ1v) is 11.0. The summed E-state index contributed by atoms with van der Waals surface area (Å²) in [7, 11) is 0. The minimum Gasteiger partial charge on any atom is -0.470 e. The fourth-order valence-electron chi connectivity index (χ4n) is 3.61. The van der Waals surface area contributed by atoms with Gasteiger partial charge in [-0.15, -0.1) is 15.3 Å². The molecule has 0 spiro atoms. The third-order valence-electron chi connectivity index (χ3n) is 5.58. The maximum Gasteiger partial charge on any atom is 0.404 e. The molecule has 0 saturated carbocycles. The van der Waals surface area contributed by atoms with Gasteiger partial charge in [-0.25, -0.2) is 18.3 Å². The summed E-state index contributed by atoms with van der Waals surface area (Å²) < 4.78 is 37.6. The number of amides is 2. The van der Waals surface area contributed by atoms with E-state index in [1.54, 1.807) is 41.0 Å². The van der Waals surface area contributed by atoms with Gasteiger partial charge in [0.05, 0.1) is 24.5 Å². The van der Waals surface area contributed by atoms with Gasteiger partial charge in [-0.1, -0.05) is 17.3 Å². The molecule has 2 N–H and O–H groups in total. The molecule has 190 valence electrons. The highest BCUT2D eigenvalue weighted by Crippen LogP contribution is 2.22. The number of anilines is 1. The number of benzene rings is 1. The molecule has 0 atom stereocenters. The van der Waals surface area contributed by atoms with Crippen molar-refractivity contribution < 1.29 is 27.8 Å². The van der Waals surface area contributed by atoms with Gasteiger partial charge >= 0.3 is 6.09 Å². The smallest absolute Gasteiger partial charge is 0.404 e. The van der Waals surface area contributed by atoms with Crippen molar-refractivity contribution in [3.63, 3.8) is 0 Å². The molecule has 1 aliphatic rings. The Balaban J connectivity index is 1.34. The van der Waals surface area contributed by atoms with E-state index in [2.05, 4.69) is 25.2 Å². The van der Waals surface area contributed by atoms with Crippen molar-refractivity contribution >= 4 is 17.8 Å². The zero-order valence-corrected chi connectivity index (χ0v) is 19.4. The molecule has 3 heterocycles. The molecular formula is C22H24F2N8O4. The summed E-state index contributed by atoms with van der Waals surface area (Å²) in [6.45, 7) is 3.24. The van der Waals surface area contributed by atoms with Crippen molar-refractivity contribution in [3.8, 4) is 11.6 Å². The van der Waals surface area contributed by atoms with Crippen molar-refractivity contribution in [1.29, 1.82) is 0 Å². The number of nitrogens with zero attached hydrogens (tertiary/aromatic N) is 7. The molecule has 1 aliphatic heterocycles. The average Bonchev–Trinajstić information content (AvgIpc) is 3.24. The second-order valence-corrected chi connectivity index (χ2v) is 7.91. The van der Waals surface area contributed by atoms with E-state index >= 15 is 0 Å². The summed E-state index contributed by atoms with van der Waals surface area (Å²) in [6, 6.07) is 9.10. The van der Waals surface area contributed by atoms with Crippen molar-refractivity contribution in [1.82, 2.24) is 30.1 Å². The Labute approximate surface area is 204 Å². The first kappa shape index (κ1) is 24.8. The molecule has 1 fully saturated rings. The zero-order chi connectivity index (χ0) is 25.7. The summed E-state index contributed by atoms with van der Waals surface area (Å²) in [5.41, 5.74) is 6.68. The van der Waals surface area contributed by atoms with E-state index in [4.69, 9.17) is 10.5 Å². The van der Waals surface area contributed by atoms with Crippen molar-refractivity contribution in [2.75, 3.05) is 37.7 Å². The lowest BCUT2D eigenvalue weighted by Crippen LogP contribution is -2.51. The van der Waals surface area contributed by atoms with E-state index in [9.17, 15) is 18.4 Å². The molecule has 2 aromatic heterocycles. The predicted molar refractivity (Wildman–Crippen MR) is 122 cm³/mol. The van der Waals surface area contributed by atoms with Gasteiger partial charge in [0.25, 0.3) is 6.43 Å². The number of nitrogens with two attached hydrogens (primary N) is 1. The summed E-state index contributed by atoms with van der Waals surface area (Å²) in [5.74, 6) is 0.646. The van der Waals surface area contributed by atoms with Crippen LogP contribution in [0.4, 0.5) is 19.4 Å². The monoisotopic (exact) mass is 502 g/mol. The van der Waals surface area contributed by atoms with Gasteiger partial charge in [-0.3, -0.25) is 4.79 Å². The molecule has 12 nitrogen and oxygen atoms in total. The number of aryl methyl sites for hydroxylation is 1. The van der Waals surface area contributed by atoms with Crippen molar-refractivity contribution in [2.24, 2.45) is 5.73 Å². The number of rotatable bonds is 9. The number of hydrogen-bond donors (Lipinski definition) is 1. The average molecular weight is 502 g/mol. The summed E-state index contributed by atoms with van der Waals surface area (Å²) >= 11 is 0. The Morgan fingerprint density at radius 1 is 1.11 bits per heavy atom. The van der Waals surface area contributed by atoms with Gasteiger partial charge in [0.15, 0.2) is 5.82 Å². The van der Waals surface area contributed by atoms with Gasteiger partial charge in [-0.05, 0) is 25.1 Å². The number of carbonyl (C=O) groups is 2. The molecule has 0 bridgehead atoms. The van der Waals surface area contributed by atoms with E-state index in [1.165, 1.54) is 16.8 Å². The largest absolute Gasteiger partial charge is 0.470 e. The second-order valence-electron chi connectivity index (χ2n) is 7.91. The normalized spacial score (nSPS) is 13.8. The number of alkyl halides is 2. The molecule has 1 aromatic carbocycles. The van der Waals surface area contributed by atoms with Crippen LogP contribution < -0.4 is 15.4 Å². The third-order valence-corrected chi connectivity index (χ3v) is 5.58. The maximum absolute atomic E-state index is 12.8. The number of primary amides is 1. The van der Waals surface area contributed by atoms with E-state index in [0.717, 1.165) is 0 Å². The highest BCUT2D eigenvalue weighted by molar-refractivity contribution is 5.82. The first-order chi connectivity index (χ1) is 17.3. The number of hydrogen-bond acceptors (Lipinski definition) is 9. The van der Waals surface area contributed by atoms with Gasteiger partial charge in [-0.2, -0.15) is 0 Å². The van der Waals surface area contributed by atoms with Gasteiger partial charge in [0.2, 0.25) is 11.8 Å². The fourth-order valence-corrected chi connectivity index (χ4v) is 3.61. The molecule has 14 heteroatoms. The Bertz CT molecular complexity index is 1200. The van der Waals surface area contributed by atoms with Crippen LogP contribution in [0.3, 0.4) is 0 Å². The molecule has 0 unspecified atom stereocenters. The van der Waals surface area contributed by atoms with Crippen LogP contribution in [0.1, 0.15) is 23.4 Å². The highest BCUT2D eigenvalue weighted by Gasteiger charge is 2.25.